The van der Waals surface area contributed by atoms with Gasteiger partial charge in [-0.05, 0) is 87.7 Å². The van der Waals surface area contributed by atoms with Crippen molar-refractivity contribution in [2.45, 2.75) is 6.42 Å². The molecule has 0 radical (unpaired) electrons. The Balaban J connectivity index is 1.55. The summed E-state index contributed by atoms with van der Waals surface area (Å²) in [6.07, 6.45) is 5.07. The van der Waals surface area contributed by atoms with Gasteiger partial charge < -0.3 is 10.6 Å². The Labute approximate surface area is 185 Å². The minimum atomic E-state index is -0.336. The lowest BCUT2D eigenvalue weighted by Crippen LogP contribution is -2.39. The number of para-hydroxylation sites is 2. The Morgan fingerprint density at radius 2 is 1.15 bits per heavy atom. The summed E-state index contributed by atoms with van der Waals surface area (Å²) in [5, 5.41) is 6.07. The van der Waals surface area contributed by atoms with Gasteiger partial charge in [0.15, 0.2) is 0 Å². The smallest absolute Gasteiger partial charge is 0.228 e. The molecule has 6 heteroatoms. The molecular formula is C21H18I2N2O2. The van der Waals surface area contributed by atoms with Crippen LogP contribution in [0.1, 0.15) is 6.42 Å². The van der Waals surface area contributed by atoms with Crippen LogP contribution in [-0.4, -0.2) is 11.8 Å². The van der Waals surface area contributed by atoms with Gasteiger partial charge in [0.05, 0.1) is 23.2 Å². The highest BCUT2D eigenvalue weighted by atomic mass is 127. The molecule has 4 atom stereocenters. The lowest BCUT2D eigenvalue weighted by atomic mass is 9.81. The van der Waals surface area contributed by atoms with Crippen LogP contribution in [0.3, 0.4) is 0 Å². The van der Waals surface area contributed by atoms with Gasteiger partial charge in [0, 0.05) is 7.14 Å². The van der Waals surface area contributed by atoms with Crippen LogP contribution < -0.4 is 10.6 Å². The van der Waals surface area contributed by atoms with Crippen LogP contribution in [0.2, 0.25) is 0 Å². The van der Waals surface area contributed by atoms with Gasteiger partial charge >= 0.3 is 0 Å². The molecule has 2 aliphatic rings. The van der Waals surface area contributed by atoms with Gasteiger partial charge in [0.1, 0.15) is 0 Å². The van der Waals surface area contributed by atoms with Gasteiger partial charge in [-0.1, -0.05) is 36.4 Å². The largest absolute Gasteiger partial charge is 0.325 e. The molecule has 0 spiro atoms. The molecule has 0 aromatic heterocycles. The van der Waals surface area contributed by atoms with E-state index in [0.29, 0.717) is 0 Å². The van der Waals surface area contributed by atoms with Crippen molar-refractivity contribution in [3.05, 3.63) is 67.8 Å². The second kappa shape index (κ2) is 7.90. The highest BCUT2D eigenvalue weighted by Gasteiger charge is 2.51. The van der Waals surface area contributed by atoms with Crippen LogP contribution in [0, 0.1) is 30.8 Å². The molecule has 2 N–H and O–H groups in total. The third-order valence-electron chi connectivity index (χ3n) is 5.33. The number of rotatable bonds is 4. The summed E-state index contributed by atoms with van der Waals surface area (Å²) in [5.74, 6) is -0.559. The fraction of sp³-hybridized carbons (Fsp3) is 0.238. The third kappa shape index (κ3) is 3.78. The Bertz CT molecular complexity index is 854. The highest BCUT2D eigenvalue weighted by Crippen LogP contribution is 2.49. The number of halogens is 2. The maximum Gasteiger partial charge on any atom is 0.228 e. The maximum atomic E-state index is 13.1. The van der Waals surface area contributed by atoms with Crippen molar-refractivity contribution in [1.29, 1.82) is 0 Å². The summed E-state index contributed by atoms with van der Waals surface area (Å²) in [5.41, 5.74) is 1.60. The minimum Gasteiger partial charge on any atom is -0.325 e. The van der Waals surface area contributed by atoms with Gasteiger partial charge in [-0.2, -0.15) is 0 Å². The van der Waals surface area contributed by atoms with Gasteiger partial charge in [-0.25, -0.2) is 0 Å². The topological polar surface area (TPSA) is 58.2 Å². The van der Waals surface area contributed by atoms with Crippen molar-refractivity contribution >= 4 is 68.4 Å². The van der Waals surface area contributed by atoms with E-state index in [2.05, 4.69) is 68.0 Å². The number of fused-ring (bicyclic) bond motifs is 2. The molecule has 1 fully saturated rings. The molecule has 4 nitrogen and oxygen atoms in total. The average molecular weight is 584 g/mol. The molecule has 2 amide bonds. The first-order chi connectivity index (χ1) is 13.0. The first-order valence-electron chi connectivity index (χ1n) is 8.83. The van der Waals surface area contributed by atoms with Gasteiger partial charge in [0.2, 0.25) is 11.8 Å². The first kappa shape index (κ1) is 18.9. The first-order valence-corrected chi connectivity index (χ1v) is 11.0. The summed E-state index contributed by atoms with van der Waals surface area (Å²) in [6.45, 7) is 0. The predicted octanol–water partition coefficient (Wildman–Crippen LogP) is 4.91. The number of anilines is 2. The molecule has 0 heterocycles. The molecule has 2 aliphatic carbocycles. The number of allylic oxidation sites excluding steroid dienone is 2. The van der Waals surface area contributed by atoms with Crippen molar-refractivity contribution < 1.29 is 9.59 Å². The van der Waals surface area contributed by atoms with Crippen LogP contribution in [0.15, 0.2) is 60.7 Å². The molecule has 0 unspecified atom stereocenters. The monoisotopic (exact) mass is 584 g/mol. The van der Waals surface area contributed by atoms with Crippen LogP contribution in [0.4, 0.5) is 11.4 Å². The van der Waals surface area contributed by atoms with E-state index >= 15 is 0 Å². The van der Waals surface area contributed by atoms with E-state index in [1.54, 1.807) is 0 Å². The molecule has 27 heavy (non-hydrogen) atoms. The van der Waals surface area contributed by atoms with E-state index in [4.69, 9.17) is 0 Å². The SMILES string of the molecule is O=C(Nc1ccccc1I)[C@@H]1[C@H](C(=O)Nc2ccccc2I)[C@H]2C=C[C@H]1C2. The second-order valence-electron chi connectivity index (χ2n) is 6.94. The number of carbonyl (C=O) groups excluding carboxylic acids is 2. The molecule has 1 saturated carbocycles. The fourth-order valence-corrected chi connectivity index (χ4v) is 5.14. The lowest BCUT2D eigenvalue weighted by molar-refractivity contribution is -0.129. The van der Waals surface area contributed by atoms with Crippen LogP contribution in [0.25, 0.3) is 0 Å². The Morgan fingerprint density at radius 1 is 0.741 bits per heavy atom. The quantitative estimate of drug-likeness (QED) is 0.397. The number of nitrogens with one attached hydrogen (secondary N) is 2. The van der Waals surface area contributed by atoms with Crippen molar-refractivity contribution in [3.8, 4) is 0 Å². The van der Waals surface area contributed by atoms with E-state index in [1.165, 1.54) is 0 Å². The average Bonchev–Trinajstić information content (AvgIpc) is 3.27. The fourth-order valence-electron chi connectivity index (χ4n) is 4.09. The van der Waals surface area contributed by atoms with Crippen molar-refractivity contribution in [1.82, 2.24) is 0 Å². The molecule has 0 saturated heterocycles. The van der Waals surface area contributed by atoms with Gasteiger partial charge in [0.25, 0.3) is 0 Å². The molecule has 2 aromatic carbocycles. The normalized spacial score (nSPS) is 25.4. The number of benzene rings is 2. The van der Waals surface area contributed by atoms with Crippen molar-refractivity contribution in [2.75, 3.05) is 10.6 Å². The van der Waals surface area contributed by atoms with E-state index in [0.717, 1.165) is 24.9 Å². The zero-order chi connectivity index (χ0) is 19.0. The summed E-state index contributed by atoms with van der Waals surface area (Å²) in [7, 11) is 0. The van der Waals surface area contributed by atoms with E-state index in [9.17, 15) is 9.59 Å². The second-order valence-corrected chi connectivity index (χ2v) is 9.26. The summed E-state index contributed by atoms with van der Waals surface area (Å²) >= 11 is 4.42. The summed E-state index contributed by atoms with van der Waals surface area (Å²) < 4.78 is 1.98. The van der Waals surface area contributed by atoms with E-state index < -0.39 is 0 Å². The molecule has 138 valence electrons. The third-order valence-corrected chi connectivity index (χ3v) is 7.21. The van der Waals surface area contributed by atoms with E-state index in [1.807, 2.05) is 48.5 Å². The number of hydrogen-bond acceptors (Lipinski definition) is 2. The van der Waals surface area contributed by atoms with Crippen LogP contribution in [-0.2, 0) is 9.59 Å². The Morgan fingerprint density at radius 3 is 1.56 bits per heavy atom. The summed E-state index contributed by atoms with van der Waals surface area (Å²) in [6, 6.07) is 15.4. The number of carbonyl (C=O) groups is 2. The van der Waals surface area contributed by atoms with Crippen molar-refractivity contribution in [2.24, 2.45) is 23.7 Å². The molecule has 4 rings (SSSR count). The zero-order valence-corrected chi connectivity index (χ0v) is 18.7. The Kier molecular flexibility index (Phi) is 5.54. The number of amides is 2. The molecule has 2 aromatic rings. The van der Waals surface area contributed by atoms with Crippen molar-refractivity contribution in [3.63, 3.8) is 0 Å². The molecule has 0 aliphatic heterocycles. The summed E-state index contributed by atoms with van der Waals surface area (Å²) in [4.78, 5) is 26.1. The van der Waals surface area contributed by atoms with E-state index in [-0.39, 0.29) is 35.5 Å². The molecule has 2 bridgehead atoms. The van der Waals surface area contributed by atoms with Gasteiger partial charge in [-0.15, -0.1) is 0 Å². The maximum absolute atomic E-state index is 13.1. The zero-order valence-electron chi connectivity index (χ0n) is 14.4. The predicted molar refractivity (Wildman–Crippen MR) is 123 cm³/mol. The standard InChI is InChI=1S/C21H18I2N2O2/c22-14-5-1-3-7-16(14)24-20(26)18-12-9-10-13(11-12)19(18)21(27)25-17-8-4-2-6-15(17)23/h1-10,12-13,18-19H,11H2,(H,24,26)(H,25,27)/t12-,13-,18-,19+/m0/s1. The van der Waals surface area contributed by atoms with Crippen LogP contribution in [0.5, 0.6) is 0 Å². The Hall–Kier alpha value is -1.42. The number of hydrogen-bond donors (Lipinski definition) is 2. The van der Waals surface area contributed by atoms with Crippen LogP contribution >= 0.6 is 45.2 Å². The lowest BCUT2D eigenvalue weighted by Gasteiger charge is -2.26. The molecular weight excluding hydrogens is 566 g/mol. The van der Waals surface area contributed by atoms with Gasteiger partial charge in [-0.3, -0.25) is 9.59 Å². The highest BCUT2D eigenvalue weighted by molar-refractivity contribution is 14.1. The minimum absolute atomic E-state index is 0.0705.